The van der Waals surface area contributed by atoms with Crippen molar-refractivity contribution in [3.63, 3.8) is 0 Å². The molecule has 4 nitrogen and oxygen atoms in total. The predicted octanol–water partition coefficient (Wildman–Crippen LogP) is 1.56. The van der Waals surface area contributed by atoms with Gasteiger partial charge >= 0.3 is 0 Å². The largest absolute Gasteiger partial charge is 0.504 e. The Morgan fingerprint density at radius 2 is 2.00 bits per heavy atom. The van der Waals surface area contributed by atoms with E-state index in [0.29, 0.717) is 11.3 Å². The summed E-state index contributed by atoms with van der Waals surface area (Å²) in [4.78, 5) is 0. The van der Waals surface area contributed by atoms with Gasteiger partial charge in [0.05, 0.1) is 6.10 Å². The molecule has 90 valence electrons. The minimum atomic E-state index is -0.733. The number of phenols is 1. The molecule has 0 aliphatic heterocycles. The number of aromatic hydroxyl groups is 1. The van der Waals surface area contributed by atoms with Crippen LogP contribution in [0, 0.1) is 0 Å². The molecule has 0 fully saturated rings. The Hall–Kier alpha value is -1.26. The second kappa shape index (κ2) is 4.72. The van der Waals surface area contributed by atoms with Gasteiger partial charge in [-0.1, -0.05) is 6.07 Å². The second-order valence-electron chi connectivity index (χ2n) is 4.69. The average Bonchev–Trinajstić information content (AvgIpc) is 2.18. The van der Waals surface area contributed by atoms with Crippen LogP contribution >= 0.6 is 0 Å². The van der Waals surface area contributed by atoms with Crippen LogP contribution in [-0.2, 0) is 0 Å². The average molecular weight is 225 g/mol. The van der Waals surface area contributed by atoms with Gasteiger partial charge in [0.2, 0.25) is 0 Å². The highest BCUT2D eigenvalue weighted by molar-refractivity contribution is 5.42. The summed E-state index contributed by atoms with van der Waals surface area (Å²) in [7, 11) is 0. The number of ether oxygens (including phenoxy) is 1. The first-order valence-electron chi connectivity index (χ1n) is 5.23. The monoisotopic (exact) mass is 225 g/mol. The summed E-state index contributed by atoms with van der Waals surface area (Å²) in [6, 6.07) is 4.73. The molecule has 16 heavy (non-hydrogen) atoms. The standard InChI is InChI=1S/C12H19NO3/c1-12(2,3)16-11-6-8(10(15)7-13)4-5-9(11)14/h4-6,10,14-15H,7,13H2,1-3H3. The normalized spacial score (nSPS) is 13.6. The number of aliphatic hydroxyl groups excluding tert-OH is 1. The van der Waals surface area contributed by atoms with Gasteiger partial charge in [-0.25, -0.2) is 0 Å². The summed E-state index contributed by atoms with van der Waals surface area (Å²) >= 11 is 0. The zero-order valence-electron chi connectivity index (χ0n) is 9.90. The first-order valence-corrected chi connectivity index (χ1v) is 5.23. The lowest BCUT2D eigenvalue weighted by Crippen LogP contribution is -2.23. The fourth-order valence-corrected chi connectivity index (χ4v) is 1.29. The van der Waals surface area contributed by atoms with Crippen molar-refractivity contribution in [2.45, 2.75) is 32.5 Å². The van der Waals surface area contributed by atoms with E-state index in [0.717, 1.165) is 0 Å². The molecule has 0 heterocycles. The maximum absolute atomic E-state index is 9.61. The fourth-order valence-electron chi connectivity index (χ4n) is 1.29. The highest BCUT2D eigenvalue weighted by Gasteiger charge is 2.16. The zero-order valence-corrected chi connectivity index (χ0v) is 9.90. The molecular formula is C12H19NO3. The van der Waals surface area contributed by atoms with Gasteiger partial charge < -0.3 is 20.7 Å². The van der Waals surface area contributed by atoms with Crippen LogP contribution in [0.5, 0.6) is 11.5 Å². The number of rotatable bonds is 3. The molecule has 0 bridgehead atoms. The third-order valence-corrected chi connectivity index (χ3v) is 2.01. The van der Waals surface area contributed by atoms with E-state index < -0.39 is 11.7 Å². The third kappa shape index (κ3) is 3.40. The van der Waals surface area contributed by atoms with Crippen molar-refractivity contribution in [2.24, 2.45) is 5.73 Å². The second-order valence-corrected chi connectivity index (χ2v) is 4.69. The minimum absolute atomic E-state index is 0.0582. The Balaban J connectivity index is 2.99. The van der Waals surface area contributed by atoms with E-state index in [9.17, 15) is 10.2 Å². The molecule has 0 aliphatic carbocycles. The summed E-state index contributed by atoms with van der Waals surface area (Å²) in [6.45, 7) is 5.80. The van der Waals surface area contributed by atoms with Crippen LogP contribution in [0.25, 0.3) is 0 Å². The smallest absolute Gasteiger partial charge is 0.162 e. The van der Waals surface area contributed by atoms with E-state index in [2.05, 4.69) is 0 Å². The van der Waals surface area contributed by atoms with Crippen molar-refractivity contribution >= 4 is 0 Å². The summed E-state index contributed by atoms with van der Waals surface area (Å²) in [6.07, 6.45) is -0.733. The number of benzene rings is 1. The zero-order chi connectivity index (χ0) is 12.3. The molecular weight excluding hydrogens is 206 g/mol. The lowest BCUT2D eigenvalue weighted by Gasteiger charge is -2.22. The number of hydrogen-bond acceptors (Lipinski definition) is 4. The fraction of sp³-hybridized carbons (Fsp3) is 0.500. The quantitative estimate of drug-likeness (QED) is 0.729. The highest BCUT2D eigenvalue weighted by atomic mass is 16.5. The van der Waals surface area contributed by atoms with Crippen LogP contribution in [0.15, 0.2) is 18.2 Å². The van der Waals surface area contributed by atoms with E-state index in [1.807, 2.05) is 20.8 Å². The lowest BCUT2D eigenvalue weighted by molar-refractivity contribution is 0.124. The molecule has 1 rings (SSSR count). The molecule has 4 heteroatoms. The predicted molar refractivity (Wildman–Crippen MR) is 62.5 cm³/mol. The van der Waals surface area contributed by atoms with Gasteiger partial charge in [0.15, 0.2) is 11.5 Å². The molecule has 0 radical (unpaired) electrons. The number of aliphatic hydroxyl groups is 1. The van der Waals surface area contributed by atoms with E-state index in [1.165, 1.54) is 6.07 Å². The molecule has 1 aromatic carbocycles. The van der Waals surface area contributed by atoms with Crippen molar-refractivity contribution < 1.29 is 14.9 Å². The van der Waals surface area contributed by atoms with E-state index in [1.54, 1.807) is 12.1 Å². The van der Waals surface area contributed by atoms with Crippen molar-refractivity contribution in [1.82, 2.24) is 0 Å². The molecule has 0 aliphatic rings. The Bertz CT molecular complexity index is 358. The summed E-state index contributed by atoms with van der Waals surface area (Å²) < 4.78 is 5.57. The van der Waals surface area contributed by atoms with Gasteiger partial charge in [-0.2, -0.15) is 0 Å². The first-order chi connectivity index (χ1) is 7.33. The first kappa shape index (κ1) is 12.8. The summed E-state index contributed by atoms with van der Waals surface area (Å²) in [5.74, 6) is 0.417. The highest BCUT2D eigenvalue weighted by Crippen LogP contribution is 2.31. The van der Waals surface area contributed by atoms with E-state index in [4.69, 9.17) is 10.5 Å². The van der Waals surface area contributed by atoms with Crippen molar-refractivity contribution in [3.8, 4) is 11.5 Å². The molecule has 1 aromatic rings. The topological polar surface area (TPSA) is 75.7 Å². The molecule has 0 amide bonds. The van der Waals surface area contributed by atoms with Gasteiger partial charge in [0, 0.05) is 6.54 Å². The van der Waals surface area contributed by atoms with Crippen molar-refractivity contribution in [2.75, 3.05) is 6.54 Å². The molecule has 0 saturated carbocycles. The van der Waals surface area contributed by atoms with Crippen LogP contribution in [0.3, 0.4) is 0 Å². The summed E-state index contributed by atoms with van der Waals surface area (Å²) in [5.41, 5.74) is 5.61. The lowest BCUT2D eigenvalue weighted by atomic mass is 10.1. The van der Waals surface area contributed by atoms with Crippen LogP contribution in [0.1, 0.15) is 32.4 Å². The Labute approximate surface area is 95.7 Å². The van der Waals surface area contributed by atoms with Crippen LogP contribution < -0.4 is 10.5 Å². The van der Waals surface area contributed by atoms with Gasteiger partial charge in [-0.05, 0) is 38.5 Å². The van der Waals surface area contributed by atoms with Crippen molar-refractivity contribution in [3.05, 3.63) is 23.8 Å². The van der Waals surface area contributed by atoms with E-state index >= 15 is 0 Å². The molecule has 1 atom stereocenters. The van der Waals surface area contributed by atoms with Crippen LogP contribution in [0.2, 0.25) is 0 Å². The molecule has 1 unspecified atom stereocenters. The van der Waals surface area contributed by atoms with Gasteiger partial charge in [-0.3, -0.25) is 0 Å². The van der Waals surface area contributed by atoms with Crippen LogP contribution in [0.4, 0.5) is 0 Å². The Kier molecular flexibility index (Phi) is 3.78. The minimum Gasteiger partial charge on any atom is -0.504 e. The molecule has 0 spiro atoms. The third-order valence-electron chi connectivity index (χ3n) is 2.01. The number of nitrogens with two attached hydrogens (primary N) is 1. The molecule has 0 aromatic heterocycles. The van der Waals surface area contributed by atoms with Crippen molar-refractivity contribution in [1.29, 1.82) is 0 Å². The number of phenolic OH excluding ortho intramolecular Hbond substituents is 1. The Morgan fingerprint density at radius 1 is 1.38 bits per heavy atom. The van der Waals surface area contributed by atoms with E-state index in [-0.39, 0.29) is 12.3 Å². The Morgan fingerprint density at radius 3 is 2.50 bits per heavy atom. The SMILES string of the molecule is CC(C)(C)Oc1cc(C(O)CN)ccc1O. The van der Waals surface area contributed by atoms with Gasteiger partial charge in [0.25, 0.3) is 0 Å². The molecule has 0 saturated heterocycles. The van der Waals surface area contributed by atoms with Gasteiger partial charge in [-0.15, -0.1) is 0 Å². The van der Waals surface area contributed by atoms with Crippen LogP contribution in [-0.4, -0.2) is 22.4 Å². The number of hydrogen-bond donors (Lipinski definition) is 3. The summed E-state index contributed by atoms with van der Waals surface area (Å²) in [5, 5.41) is 19.2. The molecule has 4 N–H and O–H groups in total. The van der Waals surface area contributed by atoms with Gasteiger partial charge in [0.1, 0.15) is 5.60 Å². The maximum Gasteiger partial charge on any atom is 0.162 e. The maximum atomic E-state index is 9.61.